The largest absolute Gasteiger partial charge is 0.363 e. The van der Waals surface area contributed by atoms with Crippen LogP contribution < -0.4 is 10.6 Å². The number of hydrogen-bond acceptors (Lipinski definition) is 4. The van der Waals surface area contributed by atoms with Crippen LogP contribution in [0.25, 0.3) is 0 Å². The molecule has 0 aliphatic rings. The fourth-order valence-electron chi connectivity index (χ4n) is 2.25. The zero-order valence-corrected chi connectivity index (χ0v) is 12.6. The Morgan fingerprint density at radius 3 is 2.60 bits per heavy atom. The van der Waals surface area contributed by atoms with Crippen LogP contribution in [0.15, 0.2) is 30.3 Å². The van der Waals surface area contributed by atoms with Gasteiger partial charge in [-0.05, 0) is 38.8 Å². The van der Waals surface area contributed by atoms with Crippen LogP contribution in [-0.4, -0.2) is 16.5 Å². The molecule has 0 bridgehead atoms. The summed E-state index contributed by atoms with van der Waals surface area (Å²) in [6.45, 7) is 9.10. The van der Waals surface area contributed by atoms with Gasteiger partial charge in [-0.2, -0.15) is 4.98 Å². The van der Waals surface area contributed by atoms with Gasteiger partial charge in [-0.25, -0.2) is 4.98 Å². The second-order valence-electron chi connectivity index (χ2n) is 4.97. The van der Waals surface area contributed by atoms with Crippen LogP contribution in [0.5, 0.6) is 0 Å². The third-order valence-corrected chi connectivity index (χ3v) is 3.21. The zero-order chi connectivity index (χ0) is 14.5. The molecule has 0 saturated heterocycles. The lowest BCUT2D eigenvalue weighted by Crippen LogP contribution is -2.11. The van der Waals surface area contributed by atoms with Crippen molar-refractivity contribution in [1.29, 1.82) is 0 Å². The molecule has 0 amide bonds. The molecule has 106 valence electrons. The van der Waals surface area contributed by atoms with Crippen molar-refractivity contribution in [2.24, 2.45) is 0 Å². The maximum Gasteiger partial charge on any atom is 0.224 e. The van der Waals surface area contributed by atoms with Gasteiger partial charge in [0.05, 0.1) is 6.04 Å². The summed E-state index contributed by atoms with van der Waals surface area (Å²) in [4.78, 5) is 8.84. The molecule has 1 aromatic heterocycles. The third kappa shape index (κ3) is 3.47. The van der Waals surface area contributed by atoms with E-state index >= 15 is 0 Å². The van der Waals surface area contributed by atoms with Crippen molar-refractivity contribution >= 4 is 11.8 Å². The highest BCUT2D eigenvalue weighted by molar-refractivity contribution is 5.45. The Hall–Kier alpha value is -2.10. The lowest BCUT2D eigenvalue weighted by atomic mass is 10.0. The highest BCUT2D eigenvalue weighted by atomic mass is 15.1. The number of hydrogen-bond donors (Lipinski definition) is 2. The number of nitrogens with one attached hydrogen (secondary N) is 2. The average molecular weight is 270 g/mol. The quantitative estimate of drug-likeness (QED) is 0.870. The normalized spacial score (nSPS) is 12.0. The zero-order valence-electron chi connectivity index (χ0n) is 12.6. The second-order valence-corrected chi connectivity index (χ2v) is 4.97. The Morgan fingerprint density at radius 2 is 1.90 bits per heavy atom. The van der Waals surface area contributed by atoms with Gasteiger partial charge in [0.2, 0.25) is 5.95 Å². The van der Waals surface area contributed by atoms with Crippen LogP contribution in [0.3, 0.4) is 0 Å². The third-order valence-electron chi connectivity index (χ3n) is 3.21. The molecular formula is C16H22N4. The minimum Gasteiger partial charge on any atom is -0.363 e. The molecule has 0 saturated carbocycles. The number of benzene rings is 1. The summed E-state index contributed by atoms with van der Waals surface area (Å²) in [5.74, 6) is 1.52. The minimum atomic E-state index is 0.208. The first-order chi connectivity index (χ1) is 9.60. The number of rotatable bonds is 5. The standard InChI is InChI=1S/C16H22N4/c1-5-17-16-18-12(3)10-15(20-16)19-13(4)14-9-7-6-8-11(14)2/h6-10,13H,5H2,1-4H3,(H2,17,18,19,20). The highest BCUT2D eigenvalue weighted by Crippen LogP contribution is 2.21. The molecule has 4 nitrogen and oxygen atoms in total. The van der Waals surface area contributed by atoms with E-state index in [-0.39, 0.29) is 6.04 Å². The number of anilines is 2. The molecule has 1 unspecified atom stereocenters. The highest BCUT2D eigenvalue weighted by Gasteiger charge is 2.09. The molecule has 20 heavy (non-hydrogen) atoms. The van der Waals surface area contributed by atoms with E-state index in [9.17, 15) is 0 Å². The van der Waals surface area contributed by atoms with Crippen LogP contribution in [-0.2, 0) is 0 Å². The van der Waals surface area contributed by atoms with Gasteiger partial charge in [-0.1, -0.05) is 24.3 Å². The fraction of sp³-hybridized carbons (Fsp3) is 0.375. The first-order valence-corrected chi connectivity index (χ1v) is 7.01. The van der Waals surface area contributed by atoms with Crippen molar-refractivity contribution < 1.29 is 0 Å². The molecule has 2 rings (SSSR count). The Balaban J connectivity index is 2.19. The van der Waals surface area contributed by atoms with E-state index in [0.717, 1.165) is 18.1 Å². The summed E-state index contributed by atoms with van der Waals surface area (Å²) in [5.41, 5.74) is 3.52. The van der Waals surface area contributed by atoms with Gasteiger partial charge < -0.3 is 10.6 Å². The predicted octanol–water partition coefficient (Wildman–Crippen LogP) is 3.70. The number of nitrogens with zero attached hydrogens (tertiary/aromatic N) is 2. The summed E-state index contributed by atoms with van der Waals surface area (Å²) in [6.07, 6.45) is 0. The predicted molar refractivity (Wildman–Crippen MR) is 84.1 cm³/mol. The second kappa shape index (κ2) is 6.37. The molecule has 4 heteroatoms. The van der Waals surface area contributed by atoms with Crippen molar-refractivity contribution in [2.75, 3.05) is 17.2 Å². The first kappa shape index (κ1) is 14.3. The van der Waals surface area contributed by atoms with Gasteiger partial charge in [0.15, 0.2) is 0 Å². The molecule has 0 aliphatic carbocycles. The molecule has 1 atom stereocenters. The van der Waals surface area contributed by atoms with Crippen LogP contribution in [0, 0.1) is 13.8 Å². The maximum atomic E-state index is 4.49. The van der Waals surface area contributed by atoms with Crippen LogP contribution >= 0.6 is 0 Å². The summed E-state index contributed by atoms with van der Waals surface area (Å²) in [7, 11) is 0. The Labute approximate surface area is 120 Å². The summed E-state index contributed by atoms with van der Waals surface area (Å²) in [5, 5.41) is 6.60. The van der Waals surface area contributed by atoms with E-state index in [2.05, 4.69) is 58.7 Å². The van der Waals surface area contributed by atoms with Crippen molar-refractivity contribution in [2.45, 2.75) is 33.7 Å². The Morgan fingerprint density at radius 1 is 1.15 bits per heavy atom. The minimum absolute atomic E-state index is 0.208. The maximum absolute atomic E-state index is 4.49. The molecule has 0 aliphatic heterocycles. The van der Waals surface area contributed by atoms with Crippen LogP contribution in [0.1, 0.15) is 36.7 Å². The van der Waals surface area contributed by atoms with Crippen molar-refractivity contribution in [3.05, 3.63) is 47.2 Å². The smallest absolute Gasteiger partial charge is 0.224 e. The average Bonchev–Trinajstić information content (AvgIpc) is 2.38. The van der Waals surface area contributed by atoms with E-state index < -0.39 is 0 Å². The SMILES string of the molecule is CCNc1nc(C)cc(NC(C)c2ccccc2C)n1. The van der Waals surface area contributed by atoms with Gasteiger partial charge in [-0.15, -0.1) is 0 Å². The molecule has 1 heterocycles. The lowest BCUT2D eigenvalue weighted by Gasteiger charge is -2.18. The Kier molecular flexibility index (Phi) is 4.56. The topological polar surface area (TPSA) is 49.8 Å². The number of aromatic nitrogens is 2. The van der Waals surface area contributed by atoms with Crippen molar-refractivity contribution in [1.82, 2.24) is 9.97 Å². The van der Waals surface area contributed by atoms with Gasteiger partial charge >= 0.3 is 0 Å². The summed E-state index contributed by atoms with van der Waals surface area (Å²) >= 11 is 0. The van der Waals surface area contributed by atoms with Crippen molar-refractivity contribution in [3.63, 3.8) is 0 Å². The molecule has 2 N–H and O–H groups in total. The molecular weight excluding hydrogens is 248 g/mol. The number of aryl methyl sites for hydroxylation is 2. The monoisotopic (exact) mass is 270 g/mol. The van der Waals surface area contributed by atoms with E-state index in [0.29, 0.717) is 5.95 Å². The fourth-order valence-corrected chi connectivity index (χ4v) is 2.25. The Bertz CT molecular complexity index is 580. The van der Waals surface area contributed by atoms with E-state index in [1.807, 2.05) is 19.9 Å². The molecule has 1 aromatic carbocycles. The molecule has 2 aromatic rings. The lowest BCUT2D eigenvalue weighted by molar-refractivity contribution is 0.860. The molecule has 0 fully saturated rings. The van der Waals surface area contributed by atoms with Gasteiger partial charge in [0.1, 0.15) is 5.82 Å². The van der Waals surface area contributed by atoms with Crippen molar-refractivity contribution in [3.8, 4) is 0 Å². The van der Waals surface area contributed by atoms with Crippen LogP contribution in [0.2, 0.25) is 0 Å². The van der Waals surface area contributed by atoms with Gasteiger partial charge in [0, 0.05) is 18.3 Å². The van der Waals surface area contributed by atoms with Gasteiger partial charge in [0.25, 0.3) is 0 Å². The van der Waals surface area contributed by atoms with Crippen LogP contribution in [0.4, 0.5) is 11.8 Å². The molecule has 0 radical (unpaired) electrons. The summed E-state index contributed by atoms with van der Waals surface area (Å²) < 4.78 is 0. The van der Waals surface area contributed by atoms with E-state index in [4.69, 9.17) is 0 Å². The molecule has 0 spiro atoms. The van der Waals surface area contributed by atoms with Gasteiger partial charge in [-0.3, -0.25) is 0 Å². The van der Waals surface area contributed by atoms with E-state index in [1.54, 1.807) is 0 Å². The first-order valence-electron chi connectivity index (χ1n) is 7.01. The summed E-state index contributed by atoms with van der Waals surface area (Å²) in [6, 6.07) is 10.6. The van der Waals surface area contributed by atoms with E-state index in [1.165, 1.54) is 11.1 Å².